The maximum absolute atomic E-state index is 11.9. The van der Waals surface area contributed by atoms with E-state index < -0.39 is 0 Å². The third-order valence-electron chi connectivity index (χ3n) is 4.30. The lowest BCUT2D eigenvalue weighted by atomic mass is 10.0. The van der Waals surface area contributed by atoms with Crippen molar-refractivity contribution in [2.24, 2.45) is 11.8 Å². The zero-order chi connectivity index (χ0) is 14.7. The van der Waals surface area contributed by atoms with Gasteiger partial charge in [-0.1, -0.05) is 12.1 Å². The van der Waals surface area contributed by atoms with Gasteiger partial charge in [-0.05, 0) is 42.9 Å². The summed E-state index contributed by atoms with van der Waals surface area (Å²) in [5, 5.41) is 0. The van der Waals surface area contributed by atoms with Gasteiger partial charge < -0.3 is 14.2 Å². The van der Waals surface area contributed by atoms with E-state index in [0.29, 0.717) is 30.8 Å². The smallest absolute Gasteiger partial charge is 0.164 e. The van der Waals surface area contributed by atoms with E-state index >= 15 is 0 Å². The molecule has 1 heterocycles. The molecule has 0 bridgehead atoms. The molecule has 114 valence electrons. The summed E-state index contributed by atoms with van der Waals surface area (Å²) in [7, 11) is 1.66. The van der Waals surface area contributed by atoms with Gasteiger partial charge >= 0.3 is 0 Å². The van der Waals surface area contributed by atoms with Crippen LogP contribution in [0.1, 0.15) is 24.8 Å². The van der Waals surface area contributed by atoms with Gasteiger partial charge in [0.2, 0.25) is 0 Å². The zero-order valence-corrected chi connectivity index (χ0v) is 12.4. The summed E-state index contributed by atoms with van der Waals surface area (Å²) in [5.74, 6) is 2.01. The first-order valence-corrected chi connectivity index (χ1v) is 7.64. The van der Waals surface area contributed by atoms with E-state index in [1.165, 1.54) is 0 Å². The molecule has 0 N–H and O–H groups in total. The molecular formula is C17H22O4. The highest BCUT2D eigenvalue weighted by atomic mass is 16.5. The van der Waals surface area contributed by atoms with Crippen molar-refractivity contribution in [3.05, 3.63) is 29.8 Å². The minimum atomic E-state index is -0.182. The normalized spacial score (nSPS) is 27.3. The first-order valence-electron chi connectivity index (χ1n) is 7.64. The molecule has 0 radical (unpaired) electrons. The molecule has 1 aromatic carbocycles. The number of carbonyl (C=O) groups is 1. The minimum Gasteiger partial charge on any atom is -0.497 e. The first kappa shape index (κ1) is 14.5. The van der Waals surface area contributed by atoms with Crippen LogP contribution in [-0.4, -0.2) is 32.2 Å². The molecule has 1 aromatic rings. The van der Waals surface area contributed by atoms with Crippen molar-refractivity contribution in [2.45, 2.75) is 32.0 Å². The summed E-state index contributed by atoms with van der Waals surface area (Å²) in [6.07, 6.45) is 2.51. The summed E-state index contributed by atoms with van der Waals surface area (Å²) in [6.45, 7) is 2.02. The van der Waals surface area contributed by atoms with Gasteiger partial charge in [0, 0.05) is 12.5 Å². The summed E-state index contributed by atoms with van der Waals surface area (Å²) in [5.41, 5.74) is 1.13. The number of ether oxygens (including phenoxy) is 3. The molecule has 1 saturated carbocycles. The Hall–Kier alpha value is -1.39. The van der Waals surface area contributed by atoms with Gasteiger partial charge in [-0.3, -0.25) is 4.79 Å². The van der Waals surface area contributed by atoms with Gasteiger partial charge in [0.25, 0.3) is 0 Å². The lowest BCUT2D eigenvalue weighted by molar-refractivity contribution is -0.137. The van der Waals surface area contributed by atoms with Gasteiger partial charge in [-0.2, -0.15) is 0 Å². The lowest BCUT2D eigenvalue weighted by Crippen LogP contribution is -2.32. The van der Waals surface area contributed by atoms with Crippen molar-refractivity contribution in [3.63, 3.8) is 0 Å². The summed E-state index contributed by atoms with van der Waals surface area (Å²) < 4.78 is 16.4. The highest BCUT2D eigenvalue weighted by Crippen LogP contribution is 2.44. The van der Waals surface area contributed by atoms with Gasteiger partial charge in [0.15, 0.2) is 5.78 Å². The molecule has 2 fully saturated rings. The standard InChI is InChI=1S/C17H22O4/c1-19-14-6-4-12(5-7-14)10-20-8-2-3-16-17(18)15-9-13(15)11-21-16/h4-7,13,15-16H,2-3,8-11H2,1H3. The van der Waals surface area contributed by atoms with Crippen LogP contribution in [0.3, 0.4) is 0 Å². The molecule has 4 heteroatoms. The van der Waals surface area contributed by atoms with E-state index in [2.05, 4.69) is 0 Å². The number of hydrogen-bond acceptors (Lipinski definition) is 4. The predicted molar refractivity (Wildman–Crippen MR) is 78.2 cm³/mol. The first-order chi connectivity index (χ1) is 10.3. The fourth-order valence-electron chi connectivity index (χ4n) is 2.85. The van der Waals surface area contributed by atoms with Gasteiger partial charge in [-0.15, -0.1) is 0 Å². The highest BCUT2D eigenvalue weighted by Gasteiger charge is 2.49. The van der Waals surface area contributed by atoms with Gasteiger partial charge in [0.1, 0.15) is 11.9 Å². The summed E-state index contributed by atoms with van der Waals surface area (Å²) >= 11 is 0. The molecule has 4 nitrogen and oxygen atoms in total. The van der Waals surface area contributed by atoms with Crippen molar-refractivity contribution >= 4 is 5.78 Å². The number of hydrogen-bond donors (Lipinski definition) is 0. The molecule has 3 unspecified atom stereocenters. The molecule has 1 aliphatic carbocycles. The Balaban J connectivity index is 1.32. The Morgan fingerprint density at radius 1 is 1.29 bits per heavy atom. The molecule has 1 aliphatic heterocycles. The predicted octanol–water partition coefficient (Wildman–Crippen LogP) is 2.60. The number of fused-ring (bicyclic) bond motifs is 1. The van der Waals surface area contributed by atoms with Crippen LogP contribution < -0.4 is 4.74 Å². The van der Waals surface area contributed by atoms with Crippen molar-refractivity contribution < 1.29 is 19.0 Å². The maximum Gasteiger partial charge on any atom is 0.164 e. The van der Waals surface area contributed by atoms with Crippen LogP contribution in [0.25, 0.3) is 0 Å². The number of benzene rings is 1. The van der Waals surface area contributed by atoms with Gasteiger partial charge in [-0.25, -0.2) is 0 Å². The molecule has 3 atom stereocenters. The SMILES string of the molecule is COc1ccc(COCCCC2OCC3CC3C2=O)cc1. The van der Waals surface area contributed by atoms with Crippen LogP contribution in [-0.2, 0) is 20.9 Å². The molecule has 3 rings (SSSR count). The minimum absolute atomic E-state index is 0.182. The molecule has 21 heavy (non-hydrogen) atoms. The monoisotopic (exact) mass is 290 g/mol. The van der Waals surface area contributed by atoms with Crippen LogP contribution in [0, 0.1) is 11.8 Å². The summed E-state index contributed by atoms with van der Waals surface area (Å²) in [4.78, 5) is 11.9. The van der Waals surface area contributed by atoms with E-state index in [0.717, 1.165) is 37.2 Å². The second kappa shape index (κ2) is 6.58. The quantitative estimate of drug-likeness (QED) is 0.724. The average molecular weight is 290 g/mol. The van der Waals surface area contributed by atoms with E-state index in [-0.39, 0.29) is 6.10 Å². The maximum atomic E-state index is 11.9. The molecule has 0 aromatic heterocycles. The zero-order valence-electron chi connectivity index (χ0n) is 12.4. The number of methoxy groups -OCH3 is 1. The Morgan fingerprint density at radius 3 is 2.86 bits per heavy atom. The van der Waals surface area contributed by atoms with Crippen LogP contribution in [0.2, 0.25) is 0 Å². The van der Waals surface area contributed by atoms with E-state index in [4.69, 9.17) is 14.2 Å². The molecule has 2 aliphatic rings. The fourth-order valence-corrected chi connectivity index (χ4v) is 2.85. The third kappa shape index (κ3) is 3.63. The number of ketones is 1. The second-order valence-electron chi connectivity index (χ2n) is 5.87. The Morgan fingerprint density at radius 2 is 2.10 bits per heavy atom. The Labute approximate surface area is 125 Å². The van der Waals surface area contributed by atoms with E-state index in [9.17, 15) is 4.79 Å². The average Bonchev–Trinajstić information content (AvgIpc) is 3.30. The van der Waals surface area contributed by atoms with Crippen LogP contribution >= 0.6 is 0 Å². The largest absolute Gasteiger partial charge is 0.497 e. The Kier molecular flexibility index (Phi) is 4.56. The number of carbonyl (C=O) groups excluding carboxylic acids is 1. The van der Waals surface area contributed by atoms with Crippen LogP contribution in [0.15, 0.2) is 24.3 Å². The Bertz CT molecular complexity index is 482. The molecule has 1 saturated heterocycles. The van der Waals surface area contributed by atoms with Crippen molar-refractivity contribution in [1.29, 1.82) is 0 Å². The highest BCUT2D eigenvalue weighted by molar-refractivity contribution is 5.88. The topological polar surface area (TPSA) is 44.8 Å². The lowest BCUT2D eigenvalue weighted by Gasteiger charge is -2.20. The van der Waals surface area contributed by atoms with Crippen molar-refractivity contribution in [2.75, 3.05) is 20.3 Å². The van der Waals surface area contributed by atoms with Crippen LogP contribution in [0.5, 0.6) is 5.75 Å². The van der Waals surface area contributed by atoms with E-state index in [1.807, 2.05) is 24.3 Å². The number of Topliss-reactive ketones (excluding diaryl/α,β-unsaturated/α-hetero) is 1. The molecular weight excluding hydrogens is 268 g/mol. The molecule has 0 amide bonds. The van der Waals surface area contributed by atoms with Crippen molar-refractivity contribution in [1.82, 2.24) is 0 Å². The van der Waals surface area contributed by atoms with E-state index in [1.54, 1.807) is 7.11 Å². The van der Waals surface area contributed by atoms with Crippen molar-refractivity contribution in [3.8, 4) is 5.75 Å². The van der Waals surface area contributed by atoms with Gasteiger partial charge in [0.05, 0.1) is 20.3 Å². The second-order valence-corrected chi connectivity index (χ2v) is 5.87. The number of rotatable bonds is 7. The van der Waals surface area contributed by atoms with Crippen LogP contribution in [0.4, 0.5) is 0 Å². The molecule has 0 spiro atoms. The fraction of sp³-hybridized carbons (Fsp3) is 0.588. The third-order valence-corrected chi connectivity index (χ3v) is 4.30. The summed E-state index contributed by atoms with van der Waals surface area (Å²) in [6, 6.07) is 7.86.